The Bertz CT molecular complexity index is 268. The number of Topliss-reactive ketones (excluding diaryl/α,β-unsaturated/α-hetero) is 1. The maximum absolute atomic E-state index is 11.7. The van der Waals surface area contributed by atoms with Crippen LogP contribution in [0.3, 0.4) is 0 Å². The Labute approximate surface area is 129 Å². The fraction of sp³-hybridized carbons (Fsp3) is 0.857. The Balaban J connectivity index is 4.17. The Morgan fingerprint density at radius 2 is 1.70 bits per heavy atom. The van der Waals surface area contributed by atoms with Gasteiger partial charge >= 0.3 is 8.80 Å². The van der Waals surface area contributed by atoms with Crippen LogP contribution in [-0.4, -0.2) is 39.8 Å². The van der Waals surface area contributed by atoms with Crippen LogP contribution in [0.1, 0.15) is 52.9 Å². The van der Waals surface area contributed by atoms with Crippen molar-refractivity contribution in [2.24, 2.45) is 0 Å². The number of thiocarbonyl (C=S) groups is 1. The molecular formula is C14H28O4SSi. The lowest BCUT2D eigenvalue weighted by Gasteiger charge is -2.27. The molecule has 0 aromatic carbocycles. The molecule has 20 heavy (non-hydrogen) atoms. The molecule has 0 aromatic rings. The van der Waals surface area contributed by atoms with E-state index < -0.39 is 8.80 Å². The van der Waals surface area contributed by atoms with Crippen LogP contribution in [0.15, 0.2) is 0 Å². The van der Waals surface area contributed by atoms with Crippen LogP contribution in [0.4, 0.5) is 0 Å². The van der Waals surface area contributed by atoms with E-state index >= 15 is 0 Å². The molecule has 0 atom stereocenters. The van der Waals surface area contributed by atoms with E-state index in [1.165, 1.54) is 0 Å². The Kier molecular flexibility index (Phi) is 12.5. The third-order valence-corrected chi connectivity index (χ3v) is 6.09. The molecule has 0 saturated heterocycles. The van der Waals surface area contributed by atoms with Crippen molar-refractivity contribution in [2.75, 3.05) is 19.8 Å². The lowest BCUT2D eigenvalue weighted by Crippen LogP contribution is -2.46. The van der Waals surface area contributed by atoms with Crippen LogP contribution in [0.25, 0.3) is 0 Å². The zero-order valence-electron chi connectivity index (χ0n) is 13.0. The molecule has 0 aliphatic rings. The average Bonchev–Trinajstić information content (AvgIpc) is 2.40. The van der Waals surface area contributed by atoms with Crippen molar-refractivity contribution in [3.63, 3.8) is 0 Å². The normalized spacial score (nSPS) is 11.6. The van der Waals surface area contributed by atoms with E-state index in [4.69, 9.17) is 25.5 Å². The number of ketones is 1. The smallest absolute Gasteiger partial charge is 0.374 e. The van der Waals surface area contributed by atoms with Gasteiger partial charge in [-0.2, -0.15) is 0 Å². The topological polar surface area (TPSA) is 44.8 Å². The molecule has 0 unspecified atom stereocenters. The van der Waals surface area contributed by atoms with E-state index in [0.717, 1.165) is 19.3 Å². The zero-order chi connectivity index (χ0) is 15.3. The average molecular weight is 321 g/mol. The van der Waals surface area contributed by atoms with E-state index in [2.05, 4.69) is 6.92 Å². The third-order valence-electron chi connectivity index (χ3n) is 2.82. The van der Waals surface area contributed by atoms with Crippen LogP contribution >= 0.6 is 12.2 Å². The Hall–Kier alpha value is -0.143. The molecule has 0 N–H and O–H groups in total. The molecule has 0 aromatic heterocycles. The molecule has 0 amide bonds. The standard InChI is InChI=1S/C14H28O4SSi/c1-4-7-8-9-14(15)10-11-18-20(13-12-19,16-5-2)17-6-3/h12H,4-11,13H2,1-3H3. The van der Waals surface area contributed by atoms with Gasteiger partial charge in [0.1, 0.15) is 5.78 Å². The summed E-state index contributed by atoms with van der Waals surface area (Å²) in [6.07, 6.45) is 4.27. The molecule has 0 heterocycles. The first-order valence-electron chi connectivity index (χ1n) is 7.51. The van der Waals surface area contributed by atoms with Gasteiger partial charge in [0, 0.05) is 38.7 Å². The molecular weight excluding hydrogens is 292 g/mol. The van der Waals surface area contributed by atoms with Gasteiger partial charge in [-0.3, -0.25) is 4.79 Å². The second kappa shape index (κ2) is 12.6. The summed E-state index contributed by atoms with van der Waals surface area (Å²) in [5.74, 6) is 0.247. The van der Waals surface area contributed by atoms with Gasteiger partial charge in [0.05, 0.1) is 0 Å². The van der Waals surface area contributed by atoms with Crippen molar-refractivity contribution in [1.82, 2.24) is 0 Å². The first kappa shape index (κ1) is 19.9. The summed E-state index contributed by atoms with van der Waals surface area (Å²) < 4.78 is 17.2. The SMILES string of the molecule is CCCCCC(=O)CCO[Si](CC=S)(OCC)OCC. The molecule has 0 saturated carbocycles. The van der Waals surface area contributed by atoms with Gasteiger partial charge in [-0.25, -0.2) is 0 Å². The van der Waals surface area contributed by atoms with Gasteiger partial charge < -0.3 is 13.3 Å². The first-order valence-corrected chi connectivity index (χ1v) is 9.91. The minimum Gasteiger partial charge on any atom is -0.374 e. The van der Waals surface area contributed by atoms with Gasteiger partial charge in [0.15, 0.2) is 0 Å². The number of carbonyl (C=O) groups excluding carboxylic acids is 1. The zero-order valence-corrected chi connectivity index (χ0v) is 14.8. The molecule has 0 bridgehead atoms. The lowest BCUT2D eigenvalue weighted by atomic mass is 10.1. The number of rotatable bonds is 14. The fourth-order valence-corrected chi connectivity index (χ4v) is 4.57. The number of hydrogen-bond donors (Lipinski definition) is 0. The molecule has 118 valence electrons. The van der Waals surface area contributed by atoms with Crippen LogP contribution in [0.5, 0.6) is 0 Å². The highest BCUT2D eigenvalue weighted by atomic mass is 32.1. The molecule has 0 rings (SSSR count). The molecule has 0 aliphatic heterocycles. The summed E-state index contributed by atoms with van der Waals surface area (Å²) in [4.78, 5) is 11.7. The van der Waals surface area contributed by atoms with E-state index in [0.29, 0.717) is 38.7 Å². The molecule has 0 fully saturated rings. The first-order chi connectivity index (χ1) is 9.64. The van der Waals surface area contributed by atoms with Crippen molar-refractivity contribution in [2.45, 2.75) is 58.9 Å². The monoisotopic (exact) mass is 320 g/mol. The van der Waals surface area contributed by atoms with Crippen molar-refractivity contribution in [3.05, 3.63) is 0 Å². The van der Waals surface area contributed by atoms with Crippen LogP contribution < -0.4 is 0 Å². The maximum Gasteiger partial charge on any atom is 0.505 e. The van der Waals surface area contributed by atoms with Gasteiger partial charge in [-0.05, 0) is 25.6 Å². The summed E-state index contributed by atoms with van der Waals surface area (Å²) in [6.45, 7) is 7.36. The summed E-state index contributed by atoms with van der Waals surface area (Å²) in [6, 6.07) is 0.508. The highest BCUT2D eigenvalue weighted by Gasteiger charge is 2.39. The van der Waals surface area contributed by atoms with Crippen molar-refractivity contribution < 1.29 is 18.1 Å². The maximum atomic E-state index is 11.7. The van der Waals surface area contributed by atoms with Gasteiger partial charge in [-0.1, -0.05) is 32.0 Å². The van der Waals surface area contributed by atoms with Crippen LogP contribution in [-0.2, 0) is 18.1 Å². The molecule has 0 spiro atoms. The molecule has 0 radical (unpaired) electrons. The van der Waals surface area contributed by atoms with Gasteiger partial charge in [0.2, 0.25) is 0 Å². The van der Waals surface area contributed by atoms with Crippen LogP contribution in [0.2, 0.25) is 6.04 Å². The van der Waals surface area contributed by atoms with E-state index in [-0.39, 0.29) is 5.78 Å². The van der Waals surface area contributed by atoms with E-state index in [9.17, 15) is 4.79 Å². The minimum atomic E-state index is -2.71. The molecule has 4 nitrogen and oxygen atoms in total. The summed E-state index contributed by atoms with van der Waals surface area (Å²) in [5, 5.41) is 1.60. The summed E-state index contributed by atoms with van der Waals surface area (Å²) >= 11 is 4.90. The minimum absolute atomic E-state index is 0.247. The highest BCUT2D eigenvalue weighted by Crippen LogP contribution is 2.15. The third kappa shape index (κ3) is 8.92. The predicted octanol–water partition coefficient (Wildman–Crippen LogP) is 3.55. The van der Waals surface area contributed by atoms with Crippen molar-refractivity contribution >= 4 is 32.2 Å². The highest BCUT2D eigenvalue weighted by molar-refractivity contribution is 7.79. The summed E-state index contributed by atoms with van der Waals surface area (Å²) in [5.41, 5.74) is 0. The number of unbranched alkanes of at least 4 members (excludes halogenated alkanes) is 2. The quantitative estimate of drug-likeness (QED) is 0.278. The Morgan fingerprint density at radius 3 is 2.20 bits per heavy atom. The Morgan fingerprint density at radius 1 is 1.05 bits per heavy atom. The van der Waals surface area contributed by atoms with Crippen molar-refractivity contribution in [1.29, 1.82) is 0 Å². The van der Waals surface area contributed by atoms with E-state index in [1.54, 1.807) is 5.37 Å². The fourth-order valence-electron chi connectivity index (χ4n) is 1.86. The number of hydrogen-bond acceptors (Lipinski definition) is 5. The predicted molar refractivity (Wildman–Crippen MR) is 87.2 cm³/mol. The van der Waals surface area contributed by atoms with Crippen LogP contribution in [0, 0.1) is 0 Å². The lowest BCUT2D eigenvalue weighted by molar-refractivity contribution is -0.119. The van der Waals surface area contributed by atoms with Crippen molar-refractivity contribution in [3.8, 4) is 0 Å². The second-order valence-corrected chi connectivity index (χ2v) is 7.49. The number of carbonyl (C=O) groups is 1. The van der Waals surface area contributed by atoms with Gasteiger partial charge in [0.25, 0.3) is 0 Å². The van der Waals surface area contributed by atoms with Gasteiger partial charge in [-0.15, -0.1) is 0 Å². The largest absolute Gasteiger partial charge is 0.505 e. The molecule has 0 aliphatic carbocycles. The molecule has 6 heteroatoms. The van der Waals surface area contributed by atoms with E-state index in [1.807, 2.05) is 13.8 Å². The second-order valence-electron chi connectivity index (χ2n) is 4.51. The summed E-state index contributed by atoms with van der Waals surface area (Å²) in [7, 11) is -2.71.